The number of thiophene rings is 1. The average Bonchev–Trinajstić information content (AvgIpc) is 2.34. The lowest BCUT2D eigenvalue weighted by Crippen LogP contribution is -2.05. The molecule has 0 saturated heterocycles. The molecule has 0 amide bonds. The zero-order valence-electron chi connectivity index (χ0n) is 6.43. The summed E-state index contributed by atoms with van der Waals surface area (Å²) in [6, 6.07) is 1.72. The molecule has 0 fully saturated rings. The van der Waals surface area contributed by atoms with Crippen molar-refractivity contribution in [1.29, 1.82) is 0 Å². The van der Waals surface area contributed by atoms with Gasteiger partial charge in [-0.05, 0) is 6.07 Å². The largest absolute Gasteiger partial charge is 0.294 e. The molecule has 3 heteroatoms. The molecule has 0 aromatic carbocycles. The van der Waals surface area contributed by atoms with E-state index in [1.54, 1.807) is 11.4 Å². The number of carbonyl (C=O) groups excluding carboxylic acids is 1. The van der Waals surface area contributed by atoms with Crippen molar-refractivity contribution in [2.75, 3.05) is 0 Å². The summed E-state index contributed by atoms with van der Waals surface area (Å²) in [5, 5.41) is 1.80. The van der Waals surface area contributed by atoms with E-state index in [1.165, 1.54) is 11.3 Å². The van der Waals surface area contributed by atoms with E-state index in [4.69, 9.17) is 11.6 Å². The second-order valence-electron chi connectivity index (χ2n) is 2.66. The van der Waals surface area contributed by atoms with E-state index in [-0.39, 0.29) is 11.7 Å². The third-order valence-corrected chi connectivity index (χ3v) is 2.47. The van der Waals surface area contributed by atoms with Gasteiger partial charge in [0.25, 0.3) is 0 Å². The van der Waals surface area contributed by atoms with E-state index in [1.807, 2.05) is 13.8 Å². The van der Waals surface area contributed by atoms with Gasteiger partial charge in [-0.3, -0.25) is 4.79 Å². The van der Waals surface area contributed by atoms with Gasteiger partial charge in [-0.25, -0.2) is 0 Å². The maximum absolute atomic E-state index is 11.3. The lowest BCUT2D eigenvalue weighted by atomic mass is 10.0. The molecular formula is C8H9ClOS. The Bertz CT molecular complexity index is 265. The van der Waals surface area contributed by atoms with Crippen molar-refractivity contribution < 1.29 is 4.79 Å². The van der Waals surface area contributed by atoms with E-state index in [9.17, 15) is 4.79 Å². The fourth-order valence-electron chi connectivity index (χ4n) is 0.773. The molecule has 1 nitrogen and oxygen atoms in total. The predicted octanol–water partition coefficient (Wildman–Crippen LogP) is 3.24. The van der Waals surface area contributed by atoms with Crippen LogP contribution in [0.5, 0.6) is 0 Å². The van der Waals surface area contributed by atoms with Crippen LogP contribution in [0.1, 0.15) is 24.2 Å². The third kappa shape index (κ3) is 2.04. The lowest BCUT2D eigenvalue weighted by Gasteiger charge is -1.98. The molecule has 0 aliphatic carbocycles. The maximum atomic E-state index is 11.3. The predicted molar refractivity (Wildman–Crippen MR) is 48.5 cm³/mol. The van der Waals surface area contributed by atoms with E-state index in [0.29, 0.717) is 4.34 Å². The van der Waals surface area contributed by atoms with Crippen LogP contribution >= 0.6 is 22.9 Å². The molecule has 1 heterocycles. The van der Waals surface area contributed by atoms with Gasteiger partial charge in [0.05, 0.1) is 4.34 Å². The lowest BCUT2D eigenvalue weighted by molar-refractivity contribution is 0.0940. The molecule has 0 unspecified atom stereocenters. The Morgan fingerprint density at radius 2 is 2.27 bits per heavy atom. The van der Waals surface area contributed by atoms with Crippen molar-refractivity contribution >= 4 is 28.7 Å². The quantitative estimate of drug-likeness (QED) is 0.652. The van der Waals surface area contributed by atoms with Crippen molar-refractivity contribution in [3.8, 4) is 0 Å². The molecule has 0 atom stereocenters. The molecule has 0 spiro atoms. The normalized spacial score (nSPS) is 10.5. The molecule has 11 heavy (non-hydrogen) atoms. The molecule has 60 valence electrons. The van der Waals surface area contributed by atoms with Crippen LogP contribution in [-0.4, -0.2) is 5.78 Å². The van der Waals surface area contributed by atoms with Gasteiger partial charge in [0.2, 0.25) is 0 Å². The summed E-state index contributed by atoms with van der Waals surface area (Å²) < 4.78 is 0.675. The number of Topliss-reactive ketones (excluding diaryl/α,β-unsaturated/α-hetero) is 1. The Kier molecular flexibility index (Phi) is 2.68. The van der Waals surface area contributed by atoms with Crippen LogP contribution in [-0.2, 0) is 0 Å². The highest BCUT2D eigenvalue weighted by Crippen LogP contribution is 2.21. The molecule has 0 radical (unpaired) electrons. The topological polar surface area (TPSA) is 17.1 Å². The summed E-state index contributed by atoms with van der Waals surface area (Å²) in [7, 11) is 0. The standard InChI is InChI=1S/C8H9ClOS/c1-5(2)8(10)6-3-7(9)11-4-6/h3-5H,1-2H3. The van der Waals surface area contributed by atoms with Crippen molar-refractivity contribution in [2.24, 2.45) is 5.92 Å². The molecule has 0 saturated carbocycles. The number of hydrogen-bond donors (Lipinski definition) is 0. The molecule has 0 aliphatic heterocycles. The summed E-state index contributed by atoms with van der Waals surface area (Å²) in [6.07, 6.45) is 0. The zero-order chi connectivity index (χ0) is 8.43. The Hall–Kier alpha value is -0.340. The van der Waals surface area contributed by atoms with Crippen LogP contribution in [0.4, 0.5) is 0 Å². The van der Waals surface area contributed by atoms with Crippen LogP contribution in [0.25, 0.3) is 0 Å². The van der Waals surface area contributed by atoms with E-state index >= 15 is 0 Å². The molecule has 1 rings (SSSR count). The Morgan fingerprint density at radius 1 is 1.64 bits per heavy atom. The second-order valence-corrected chi connectivity index (χ2v) is 4.20. The van der Waals surface area contributed by atoms with Gasteiger partial charge < -0.3 is 0 Å². The molecule has 1 aromatic rings. The maximum Gasteiger partial charge on any atom is 0.166 e. The summed E-state index contributed by atoms with van der Waals surface area (Å²) in [5.74, 6) is 0.216. The van der Waals surface area contributed by atoms with Gasteiger partial charge in [0.15, 0.2) is 5.78 Å². The minimum absolute atomic E-state index is 0.0562. The van der Waals surface area contributed by atoms with E-state index in [0.717, 1.165) is 5.56 Å². The minimum Gasteiger partial charge on any atom is -0.294 e. The van der Waals surface area contributed by atoms with Crippen LogP contribution in [0, 0.1) is 5.92 Å². The molecule has 0 bridgehead atoms. The Morgan fingerprint density at radius 3 is 2.64 bits per heavy atom. The highest BCUT2D eigenvalue weighted by atomic mass is 35.5. The first-order valence-corrected chi connectivity index (χ1v) is 4.65. The van der Waals surface area contributed by atoms with Crippen LogP contribution in [0.2, 0.25) is 4.34 Å². The molecule has 0 N–H and O–H groups in total. The first-order valence-electron chi connectivity index (χ1n) is 3.39. The van der Waals surface area contributed by atoms with Crippen molar-refractivity contribution in [3.05, 3.63) is 21.3 Å². The highest BCUT2D eigenvalue weighted by molar-refractivity contribution is 7.14. The first kappa shape index (κ1) is 8.75. The van der Waals surface area contributed by atoms with Crippen LogP contribution in [0.3, 0.4) is 0 Å². The summed E-state index contributed by atoms with van der Waals surface area (Å²) >= 11 is 7.07. The SMILES string of the molecule is CC(C)C(=O)c1csc(Cl)c1. The van der Waals surface area contributed by atoms with Crippen LogP contribution in [0.15, 0.2) is 11.4 Å². The van der Waals surface area contributed by atoms with Gasteiger partial charge in [-0.1, -0.05) is 25.4 Å². The third-order valence-electron chi connectivity index (χ3n) is 1.38. The number of halogens is 1. The van der Waals surface area contributed by atoms with Gasteiger partial charge in [-0.15, -0.1) is 11.3 Å². The minimum atomic E-state index is 0.0562. The molecule has 1 aromatic heterocycles. The Labute approximate surface area is 75.0 Å². The number of hydrogen-bond acceptors (Lipinski definition) is 2. The first-order chi connectivity index (χ1) is 5.11. The smallest absolute Gasteiger partial charge is 0.166 e. The van der Waals surface area contributed by atoms with Gasteiger partial charge >= 0.3 is 0 Å². The van der Waals surface area contributed by atoms with Crippen molar-refractivity contribution in [1.82, 2.24) is 0 Å². The van der Waals surface area contributed by atoms with Gasteiger partial charge in [0.1, 0.15) is 0 Å². The van der Waals surface area contributed by atoms with Crippen LogP contribution < -0.4 is 0 Å². The molecule has 0 aliphatic rings. The number of rotatable bonds is 2. The molecular weight excluding hydrogens is 180 g/mol. The fourth-order valence-corrected chi connectivity index (χ4v) is 1.64. The van der Waals surface area contributed by atoms with Crippen molar-refractivity contribution in [3.63, 3.8) is 0 Å². The monoisotopic (exact) mass is 188 g/mol. The second kappa shape index (κ2) is 3.37. The Balaban J connectivity index is 2.85. The van der Waals surface area contributed by atoms with E-state index < -0.39 is 0 Å². The van der Waals surface area contributed by atoms with E-state index in [2.05, 4.69) is 0 Å². The fraction of sp³-hybridized carbons (Fsp3) is 0.375. The summed E-state index contributed by atoms with van der Waals surface area (Å²) in [6.45, 7) is 3.77. The summed E-state index contributed by atoms with van der Waals surface area (Å²) in [4.78, 5) is 11.3. The number of carbonyl (C=O) groups is 1. The van der Waals surface area contributed by atoms with Gasteiger partial charge in [-0.2, -0.15) is 0 Å². The summed E-state index contributed by atoms with van der Waals surface area (Å²) in [5.41, 5.74) is 0.731. The van der Waals surface area contributed by atoms with Gasteiger partial charge in [0, 0.05) is 16.9 Å². The zero-order valence-corrected chi connectivity index (χ0v) is 8.00. The number of ketones is 1. The van der Waals surface area contributed by atoms with Crippen molar-refractivity contribution in [2.45, 2.75) is 13.8 Å². The highest BCUT2D eigenvalue weighted by Gasteiger charge is 2.11. The average molecular weight is 189 g/mol.